The number of carbonyl (C=O) groups excluding carboxylic acids is 2. The van der Waals surface area contributed by atoms with Gasteiger partial charge in [0.2, 0.25) is 5.91 Å². The fraction of sp³-hybridized carbons (Fsp3) is 0.280. The first-order valence-corrected chi connectivity index (χ1v) is 11.2. The average Bonchev–Trinajstić information content (AvgIpc) is 3.19. The third-order valence-electron chi connectivity index (χ3n) is 4.91. The van der Waals surface area contributed by atoms with Gasteiger partial charge in [0, 0.05) is 17.4 Å². The summed E-state index contributed by atoms with van der Waals surface area (Å²) in [4.78, 5) is 25.2. The molecule has 0 aliphatic rings. The number of carbonyl (C=O) groups is 2. The fourth-order valence-corrected chi connectivity index (χ4v) is 4.21. The van der Waals surface area contributed by atoms with Gasteiger partial charge in [-0.15, -0.1) is 11.3 Å². The third kappa shape index (κ3) is 5.95. The second kappa shape index (κ2) is 10.8. The van der Waals surface area contributed by atoms with Gasteiger partial charge in [-0.1, -0.05) is 42.0 Å². The largest absolute Gasteiger partial charge is 0.497 e. The van der Waals surface area contributed by atoms with Crippen LogP contribution in [0.15, 0.2) is 53.9 Å². The number of anilines is 1. The molecule has 0 aliphatic heterocycles. The average molecular weight is 438 g/mol. The number of nitrogens with one attached hydrogen (secondary N) is 1. The molecular formula is C25H27NO4S. The standard InChI is InChI=1S/C25H27NO4S/c1-4-30-25(28)23-21(19-12-14-20(29-3)15-13-19)16-31-24(23)26-22(27)7-5-6-18-10-8-17(2)9-11-18/h8-16H,4-7H2,1-3H3,(H,26,27). The van der Waals surface area contributed by atoms with Crippen LogP contribution in [0.4, 0.5) is 5.00 Å². The van der Waals surface area contributed by atoms with Crippen molar-refractivity contribution in [2.45, 2.75) is 33.1 Å². The van der Waals surface area contributed by atoms with E-state index in [0.717, 1.165) is 29.7 Å². The molecule has 1 amide bonds. The molecule has 0 saturated heterocycles. The molecule has 5 nitrogen and oxygen atoms in total. The number of amides is 1. The van der Waals surface area contributed by atoms with Gasteiger partial charge >= 0.3 is 5.97 Å². The zero-order valence-corrected chi connectivity index (χ0v) is 18.9. The molecule has 31 heavy (non-hydrogen) atoms. The van der Waals surface area contributed by atoms with E-state index in [1.807, 2.05) is 29.6 Å². The van der Waals surface area contributed by atoms with E-state index in [2.05, 4.69) is 36.5 Å². The molecule has 0 atom stereocenters. The molecule has 1 aromatic heterocycles. The molecule has 2 aromatic carbocycles. The predicted molar refractivity (Wildman–Crippen MR) is 125 cm³/mol. The van der Waals surface area contributed by atoms with Crippen LogP contribution in [0.1, 0.15) is 41.3 Å². The summed E-state index contributed by atoms with van der Waals surface area (Å²) >= 11 is 1.33. The van der Waals surface area contributed by atoms with E-state index in [-0.39, 0.29) is 12.5 Å². The van der Waals surface area contributed by atoms with Crippen molar-refractivity contribution in [3.05, 3.63) is 70.6 Å². The molecule has 0 fully saturated rings. The molecule has 1 N–H and O–H groups in total. The first-order valence-electron chi connectivity index (χ1n) is 10.3. The van der Waals surface area contributed by atoms with E-state index in [4.69, 9.17) is 9.47 Å². The van der Waals surface area contributed by atoms with Gasteiger partial charge in [0.1, 0.15) is 16.3 Å². The number of hydrogen-bond acceptors (Lipinski definition) is 5. The van der Waals surface area contributed by atoms with Gasteiger partial charge < -0.3 is 14.8 Å². The molecule has 0 bridgehead atoms. The minimum atomic E-state index is -0.440. The van der Waals surface area contributed by atoms with Crippen LogP contribution in [0.3, 0.4) is 0 Å². The molecule has 3 aromatic rings. The lowest BCUT2D eigenvalue weighted by Gasteiger charge is -2.09. The minimum absolute atomic E-state index is 0.110. The number of methoxy groups -OCH3 is 1. The quantitative estimate of drug-likeness (QED) is 0.425. The predicted octanol–water partition coefficient (Wildman–Crippen LogP) is 5.87. The Labute approximate surface area is 187 Å². The summed E-state index contributed by atoms with van der Waals surface area (Å²) in [6.45, 7) is 4.08. The van der Waals surface area contributed by atoms with Crippen LogP contribution in [-0.2, 0) is 16.0 Å². The van der Waals surface area contributed by atoms with E-state index >= 15 is 0 Å². The lowest BCUT2D eigenvalue weighted by molar-refractivity contribution is -0.116. The number of aryl methyl sites for hydroxylation is 2. The fourth-order valence-electron chi connectivity index (χ4n) is 3.24. The minimum Gasteiger partial charge on any atom is -0.497 e. The Kier molecular flexibility index (Phi) is 7.84. The van der Waals surface area contributed by atoms with Crippen molar-refractivity contribution in [1.29, 1.82) is 0 Å². The summed E-state index contributed by atoms with van der Waals surface area (Å²) in [6, 6.07) is 15.8. The van der Waals surface area contributed by atoms with Crippen LogP contribution in [0.2, 0.25) is 0 Å². The van der Waals surface area contributed by atoms with E-state index in [9.17, 15) is 9.59 Å². The van der Waals surface area contributed by atoms with E-state index in [1.54, 1.807) is 14.0 Å². The van der Waals surface area contributed by atoms with Gasteiger partial charge in [-0.3, -0.25) is 4.79 Å². The number of esters is 1. The first-order chi connectivity index (χ1) is 15.0. The molecule has 3 rings (SSSR count). The number of hydrogen-bond donors (Lipinski definition) is 1. The summed E-state index contributed by atoms with van der Waals surface area (Å²) in [7, 11) is 1.61. The Bertz CT molecular complexity index is 1020. The van der Waals surface area contributed by atoms with Crippen LogP contribution in [0.25, 0.3) is 11.1 Å². The second-order valence-electron chi connectivity index (χ2n) is 7.19. The van der Waals surface area contributed by atoms with E-state index in [0.29, 0.717) is 17.0 Å². The maximum Gasteiger partial charge on any atom is 0.341 e. The zero-order chi connectivity index (χ0) is 22.2. The second-order valence-corrected chi connectivity index (χ2v) is 8.07. The van der Waals surface area contributed by atoms with Crippen LogP contribution in [0.5, 0.6) is 5.75 Å². The van der Waals surface area contributed by atoms with Crippen molar-refractivity contribution in [2.24, 2.45) is 0 Å². The molecule has 0 radical (unpaired) electrons. The number of ether oxygens (including phenoxy) is 2. The number of thiophene rings is 1. The highest BCUT2D eigenvalue weighted by Gasteiger charge is 2.22. The summed E-state index contributed by atoms with van der Waals surface area (Å²) in [6.07, 6.45) is 1.95. The van der Waals surface area contributed by atoms with Gasteiger partial charge in [0.25, 0.3) is 0 Å². The third-order valence-corrected chi connectivity index (χ3v) is 5.81. The Morgan fingerprint density at radius 1 is 1.03 bits per heavy atom. The van der Waals surface area contributed by atoms with Crippen molar-refractivity contribution >= 4 is 28.2 Å². The van der Waals surface area contributed by atoms with Crippen LogP contribution < -0.4 is 10.1 Å². The Hall–Kier alpha value is -3.12. The van der Waals surface area contributed by atoms with Crippen molar-refractivity contribution in [3.8, 4) is 16.9 Å². The van der Waals surface area contributed by atoms with Crippen LogP contribution in [0, 0.1) is 6.92 Å². The summed E-state index contributed by atoms with van der Waals surface area (Å²) in [5.74, 6) is 0.184. The van der Waals surface area contributed by atoms with Crippen LogP contribution in [-0.4, -0.2) is 25.6 Å². The number of rotatable bonds is 9. The molecule has 0 aliphatic carbocycles. The van der Waals surface area contributed by atoms with Crippen molar-refractivity contribution in [3.63, 3.8) is 0 Å². The van der Waals surface area contributed by atoms with Crippen molar-refractivity contribution in [1.82, 2.24) is 0 Å². The lowest BCUT2D eigenvalue weighted by atomic mass is 10.0. The van der Waals surface area contributed by atoms with Gasteiger partial charge in [0.05, 0.1) is 13.7 Å². The van der Waals surface area contributed by atoms with Gasteiger partial charge in [-0.25, -0.2) is 4.79 Å². The Balaban J connectivity index is 1.71. The van der Waals surface area contributed by atoms with Gasteiger partial charge in [-0.05, 0) is 49.9 Å². The maximum atomic E-state index is 12.7. The maximum absolute atomic E-state index is 12.7. The highest BCUT2D eigenvalue weighted by atomic mass is 32.1. The molecule has 0 unspecified atom stereocenters. The molecule has 0 spiro atoms. The lowest BCUT2D eigenvalue weighted by Crippen LogP contribution is -2.14. The normalized spacial score (nSPS) is 10.5. The van der Waals surface area contributed by atoms with E-state index < -0.39 is 5.97 Å². The Morgan fingerprint density at radius 3 is 2.39 bits per heavy atom. The SMILES string of the molecule is CCOC(=O)c1c(-c2ccc(OC)cc2)csc1NC(=O)CCCc1ccc(C)cc1. The summed E-state index contributed by atoms with van der Waals surface area (Å²) < 4.78 is 10.5. The van der Waals surface area contributed by atoms with Gasteiger partial charge in [-0.2, -0.15) is 0 Å². The first kappa shape index (κ1) is 22.6. The van der Waals surface area contributed by atoms with Crippen LogP contribution >= 0.6 is 11.3 Å². The van der Waals surface area contributed by atoms with E-state index in [1.165, 1.54) is 22.5 Å². The topological polar surface area (TPSA) is 64.6 Å². The Morgan fingerprint density at radius 2 is 1.74 bits per heavy atom. The molecule has 6 heteroatoms. The van der Waals surface area contributed by atoms with Crippen molar-refractivity contribution in [2.75, 3.05) is 19.0 Å². The smallest absolute Gasteiger partial charge is 0.341 e. The molecule has 1 heterocycles. The highest BCUT2D eigenvalue weighted by Crippen LogP contribution is 2.37. The monoisotopic (exact) mass is 437 g/mol. The summed E-state index contributed by atoms with van der Waals surface area (Å²) in [5.41, 5.74) is 4.42. The molecule has 162 valence electrons. The summed E-state index contributed by atoms with van der Waals surface area (Å²) in [5, 5.41) is 5.30. The molecule has 0 saturated carbocycles. The molecular weight excluding hydrogens is 410 g/mol. The zero-order valence-electron chi connectivity index (χ0n) is 18.1. The highest BCUT2D eigenvalue weighted by molar-refractivity contribution is 7.15. The number of benzene rings is 2. The van der Waals surface area contributed by atoms with Gasteiger partial charge in [0.15, 0.2) is 0 Å². The van der Waals surface area contributed by atoms with Crippen molar-refractivity contribution < 1.29 is 19.1 Å².